The van der Waals surface area contributed by atoms with Crippen molar-refractivity contribution in [1.29, 1.82) is 0 Å². The van der Waals surface area contributed by atoms with Crippen molar-refractivity contribution in [3.63, 3.8) is 0 Å². The van der Waals surface area contributed by atoms with E-state index in [0.717, 1.165) is 15.8 Å². The SMILES string of the molecule is O=C(O)C1=Cc2ncnc3scc(c23)\C=C/C=C\C=C/C=C\C=C/C=C\C=C1. The van der Waals surface area contributed by atoms with E-state index in [0.29, 0.717) is 5.69 Å². The molecule has 0 atom stereocenters. The van der Waals surface area contributed by atoms with Gasteiger partial charge in [0.2, 0.25) is 0 Å². The number of hydrogen-bond donors (Lipinski definition) is 1. The lowest BCUT2D eigenvalue weighted by Crippen LogP contribution is -1.98. The van der Waals surface area contributed by atoms with Crippen LogP contribution in [0.15, 0.2) is 96.3 Å². The second kappa shape index (κ2) is 9.94. The smallest absolute Gasteiger partial charge is 0.335 e. The minimum absolute atomic E-state index is 0.150. The minimum atomic E-state index is -1.01. The van der Waals surface area contributed by atoms with Crippen molar-refractivity contribution in [3.05, 3.63) is 108 Å². The number of carboxylic acid groups (broad SMARTS) is 1. The van der Waals surface area contributed by atoms with Crippen LogP contribution in [0.1, 0.15) is 11.3 Å². The van der Waals surface area contributed by atoms with Crippen LogP contribution in [-0.4, -0.2) is 21.0 Å². The molecule has 138 valence electrons. The standard InChI is InChI=1S/C23H18N2O2S/c26-23(27)18-13-11-9-7-5-3-1-2-4-6-8-10-12-14-19-16-28-22-21(19)20(15-18)24-17-25-22/h1-17H,(H,26,27)/b2-1-,5-3-,6-4-,9-7-,10-8-,13-11?,14-12-,18-15?. The Labute approximate surface area is 167 Å². The molecule has 0 spiro atoms. The van der Waals surface area contributed by atoms with Crippen LogP contribution in [-0.2, 0) is 4.79 Å². The first kappa shape index (κ1) is 19.2. The van der Waals surface area contributed by atoms with Gasteiger partial charge in [-0.1, -0.05) is 79.0 Å². The summed E-state index contributed by atoms with van der Waals surface area (Å²) in [6.45, 7) is 0. The molecule has 2 heterocycles. The summed E-state index contributed by atoms with van der Waals surface area (Å²) in [5, 5.41) is 12.4. The van der Waals surface area contributed by atoms with Crippen LogP contribution >= 0.6 is 11.3 Å². The fourth-order valence-corrected chi connectivity index (χ4v) is 3.32. The van der Waals surface area contributed by atoms with Crippen molar-refractivity contribution in [2.75, 3.05) is 0 Å². The van der Waals surface area contributed by atoms with Crippen molar-refractivity contribution in [3.8, 4) is 0 Å². The molecule has 0 aromatic carbocycles. The zero-order chi connectivity index (χ0) is 19.6. The number of rotatable bonds is 1. The highest BCUT2D eigenvalue weighted by Gasteiger charge is 2.11. The predicted molar refractivity (Wildman–Crippen MR) is 117 cm³/mol. The molecule has 0 radical (unpaired) electrons. The zero-order valence-corrected chi connectivity index (χ0v) is 15.8. The van der Waals surface area contributed by atoms with Crippen molar-refractivity contribution in [2.24, 2.45) is 0 Å². The molecule has 2 aromatic heterocycles. The minimum Gasteiger partial charge on any atom is -0.478 e. The zero-order valence-electron chi connectivity index (χ0n) is 15.0. The summed E-state index contributed by atoms with van der Waals surface area (Å²) in [6, 6.07) is 0. The van der Waals surface area contributed by atoms with Gasteiger partial charge in [0.25, 0.3) is 0 Å². The molecule has 1 N–H and O–H groups in total. The molecule has 0 fully saturated rings. The second-order valence-corrected chi connectivity index (χ2v) is 6.54. The molecule has 0 bridgehead atoms. The summed E-state index contributed by atoms with van der Waals surface area (Å²) < 4.78 is 0. The molecule has 1 aliphatic rings. The molecule has 4 nitrogen and oxygen atoms in total. The normalized spacial score (nSPS) is 21.5. The van der Waals surface area contributed by atoms with Gasteiger partial charge in [0.05, 0.1) is 11.3 Å². The lowest BCUT2D eigenvalue weighted by atomic mass is 10.1. The van der Waals surface area contributed by atoms with Crippen LogP contribution < -0.4 is 0 Å². The van der Waals surface area contributed by atoms with E-state index in [4.69, 9.17) is 0 Å². The van der Waals surface area contributed by atoms with Gasteiger partial charge in [-0.2, -0.15) is 0 Å². The van der Waals surface area contributed by atoms with E-state index in [1.54, 1.807) is 24.3 Å². The summed E-state index contributed by atoms with van der Waals surface area (Å²) >= 11 is 1.50. The van der Waals surface area contributed by atoms with Crippen LogP contribution in [0.3, 0.4) is 0 Å². The second-order valence-electron chi connectivity index (χ2n) is 5.68. The Hall–Kier alpha value is -3.57. The highest BCUT2D eigenvalue weighted by Crippen LogP contribution is 2.28. The molecule has 28 heavy (non-hydrogen) atoms. The van der Waals surface area contributed by atoms with Crippen LogP contribution in [0.2, 0.25) is 0 Å². The molecule has 5 heteroatoms. The molecule has 2 aromatic rings. The van der Waals surface area contributed by atoms with Crippen LogP contribution in [0.4, 0.5) is 0 Å². The Morgan fingerprint density at radius 2 is 1.36 bits per heavy atom. The topological polar surface area (TPSA) is 63.1 Å². The van der Waals surface area contributed by atoms with E-state index in [9.17, 15) is 9.90 Å². The Morgan fingerprint density at radius 1 is 0.786 bits per heavy atom. The number of aromatic nitrogens is 2. The third-order valence-electron chi connectivity index (χ3n) is 3.74. The lowest BCUT2D eigenvalue weighted by molar-refractivity contribution is -0.132. The molecular weight excluding hydrogens is 368 g/mol. The highest BCUT2D eigenvalue weighted by atomic mass is 32.1. The maximum absolute atomic E-state index is 11.6. The van der Waals surface area contributed by atoms with Gasteiger partial charge in [-0.3, -0.25) is 0 Å². The molecule has 0 unspecified atom stereocenters. The summed E-state index contributed by atoms with van der Waals surface area (Å²) in [6.07, 6.45) is 29.2. The fraction of sp³-hybridized carbons (Fsp3) is 0. The quantitative estimate of drug-likeness (QED) is 0.700. The van der Waals surface area contributed by atoms with Gasteiger partial charge in [-0.15, -0.1) is 11.3 Å². The number of allylic oxidation sites excluding steroid dienone is 12. The van der Waals surface area contributed by atoms with Gasteiger partial charge in [0, 0.05) is 10.8 Å². The molecule has 0 aliphatic heterocycles. The number of thiophene rings is 1. The molecule has 0 amide bonds. The van der Waals surface area contributed by atoms with Crippen LogP contribution in [0, 0.1) is 0 Å². The number of carboxylic acids is 1. The average molecular weight is 386 g/mol. The first-order valence-corrected chi connectivity index (χ1v) is 9.49. The first-order chi connectivity index (χ1) is 13.8. The van der Waals surface area contributed by atoms with E-state index in [-0.39, 0.29) is 5.57 Å². The van der Waals surface area contributed by atoms with E-state index >= 15 is 0 Å². The van der Waals surface area contributed by atoms with Gasteiger partial charge >= 0.3 is 5.97 Å². The van der Waals surface area contributed by atoms with E-state index in [2.05, 4.69) is 9.97 Å². The van der Waals surface area contributed by atoms with Gasteiger partial charge < -0.3 is 5.11 Å². The molecule has 0 saturated heterocycles. The number of hydrogen-bond acceptors (Lipinski definition) is 4. The van der Waals surface area contributed by atoms with Crippen molar-refractivity contribution in [2.45, 2.75) is 0 Å². The van der Waals surface area contributed by atoms with Crippen LogP contribution in [0.25, 0.3) is 22.4 Å². The average Bonchev–Trinajstić information content (AvgIpc) is 3.10. The third-order valence-corrected chi connectivity index (χ3v) is 4.65. The van der Waals surface area contributed by atoms with E-state index in [1.807, 2.05) is 72.2 Å². The summed E-state index contributed by atoms with van der Waals surface area (Å²) in [7, 11) is 0. The Morgan fingerprint density at radius 3 is 1.96 bits per heavy atom. The van der Waals surface area contributed by atoms with Crippen molar-refractivity contribution < 1.29 is 9.90 Å². The maximum Gasteiger partial charge on any atom is 0.335 e. The molecular formula is C23H18N2O2S. The predicted octanol–water partition coefficient (Wildman–Crippen LogP) is 5.52. The number of carbonyl (C=O) groups is 1. The van der Waals surface area contributed by atoms with Crippen molar-refractivity contribution in [1.82, 2.24) is 9.97 Å². The van der Waals surface area contributed by atoms with E-state index < -0.39 is 5.97 Å². The van der Waals surface area contributed by atoms with Gasteiger partial charge in [0.1, 0.15) is 11.2 Å². The molecule has 1 aliphatic carbocycles. The molecule has 0 saturated carbocycles. The highest BCUT2D eigenvalue weighted by molar-refractivity contribution is 7.17. The van der Waals surface area contributed by atoms with Crippen LogP contribution in [0.5, 0.6) is 0 Å². The fourth-order valence-electron chi connectivity index (χ4n) is 2.44. The summed E-state index contributed by atoms with van der Waals surface area (Å²) in [4.78, 5) is 21.1. The number of nitrogens with zero attached hydrogens (tertiary/aromatic N) is 2. The van der Waals surface area contributed by atoms with Crippen molar-refractivity contribution >= 4 is 39.7 Å². The van der Waals surface area contributed by atoms with Gasteiger partial charge in [-0.05, 0) is 17.7 Å². The Balaban J connectivity index is 2.10. The van der Waals surface area contributed by atoms with Gasteiger partial charge in [0.15, 0.2) is 0 Å². The lowest BCUT2D eigenvalue weighted by Gasteiger charge is -2.00. The largest absolute Gasteiger partial charge is 0.478 e. The van der Waals surface area contributed by atoms with E-state index in [1.165, 1.54) is 17.7 Å². The maximum atomic E-state index is 11.6. The summed E-state index contributed by atoms with van der Waals surface area (Å²) in [5.41, 5.74) is 1.69. The Kier molecular flexibility index (Phi) is 6.82. The van der Waals surface area contributed by atoms with Gasteiger partial charge in [-0.25, -0.2) is 14.8 Å². The molecule has 3 rings (SSSR count). The number of aliphatic carboxylic acids is 1. The summed E-state index contributed by atoms with van der Waals surface area (Å²) in [5.74, 6) is -1.01. The monoisotopic (exact) mass is 386 g/mol. The Bertz CT molecular complexity index is 1090. The third kappa shape index (κ3) is 5.22. The first-order valence-electron chi connectivity index (χ1n) is 8.61.